The second-order valence-electron chi connectivity index (χ2n) is 7.40. The Labute approximate surface area is 188 Å². The smallest absolute Gasteiger partial charge is 0.331 e. The van der Waals surface area contributed by atoms with Crippen LogP contribution < -0.4 is 5.32 Å². The van der Waals surface area contributed by atoms with Crippen LogP contribution in [0.5, 0.6) is 0 Å². The molecule has 0 atom stereocenters. The monoisotopic (exact) mass is 448 g/mol. The topological polar surface area (TPSA) is 59.8 Å². The summed E-state index contributed by atoms with van der Waals surface area (Å²) in [6.45, 7) is 4.74. The van der Waals surface area contributed by atoms with Crippen molar-refractivity contribution in [2.45, 2.75) is 26.6 Å². The van der Waals surface area contributed by atoms with Crippen molar-refractivity contribution < 1.29 is 18.0 Å². The van der Waals surface area contributed by atoms with Crippen molar-refractivity contribution in [3.05, 3.63) is 88.9 Å². The number of carbonyl (C=O) groups excluding carboxylic acids is 1. The first-order chi connectivity index (χ1) is 15.7. The molecule has 0 fully saturated rings. The Morgan fingerprint density at radius 3 is 2.64 bits per heavy atom. The van der Waals surface area contributed by atoms with Crippen molar-refractivity contribution in [2.24, 2.45) is 0 Å². The van der Waals surface area contributed by atoms with Crippen LogP contribution in [-0.2, 0) is 12.7 Å². The minimum atomic E-state index is -4.52. The largest absolute Gasteiger partial charge is 0.416 e. The molecule has 0 saturated carbocycles. The van der Waals surface area contributed by atoms with Crippen LogP contribution in [0.2, 0.25) is 0 Å². The van der Waals surface area contributed by atoms with Gasteiger partial charge in [-0.3, -0.25) is 4.79 Å². The molecular formula is C25H19F3N4O. The van der Waals surface area contributed by atoms with Crippen LogP contribution in [0.4, 0.5) is 19.0 Å². The fourth-order valence-corrected chi connectivity index (χ4v) is 3.29. The Morgan fingerprint density at radius 1 is 1.06 bits per heavy atom. The molecule has 4 aromatic rings. The van der Waals surface area contributed by atoms with Crippen molar-refractivity contribution in [1.29, 1.82) is 0 Å². The highest BCUT2D eigenvalue weighted by Crippen LogP contribution is 2.30. The minimum Gasteiger partial charge on any atom is -0.331 e. The molecule has 33 heavy (non-hydrogen) atoms. The number of hydrogen-bond acceptors (Lipinski definition) is 3. The Morgan fingerprint density at radius 2 is 1.88 bits per heavy atom. The first-order valence-corrected chi connectivity index (χ1v) is 10.2. The van der Waals surface area contributed by atoms with Gasteiger partial charge in [-0.2, -0.15) is 13.2 Å². The molecule has 0 radical (unpaired) electrons. The van der Waals surface area contributed by atoms with Gasteiger partial charge in [0.2, 0.25) is 0 Å². The average Bonchev–Trinajstić information content (AvgIpc) is 3.20. The van der Waals surface area contributed by atoms with Gasteiger partial charge in [0, 0.05) is 29.4 Å². The van der Waals surface area contributed by atoms with E-state index < -0.39 is 17.6 Å². The summed E-state index contributed by atoms with van der Waals surface area (Å²) in [5.41, 5.74) is 3.55. The van der Waals surface area contributed by atoms with Crippen molar-refractivity contribution in [3.8, 4) is 11.8 Å². The van der Waals surface area contributed by atoms with Gasteiger partial charge in [-0.05, 0) is 61.9 Å². The predicted octanol–water partition coefficient (Wildman–Crippen LogP) is 5.43. The van der Waals surface area contributed by atoms with E-state index in [-0.39, 0.29) is 11.4 Å². The molecule has 0 aliphatic carbocycles. The standard InChI is InChI=1S/C25H19F3N4O/c1-3-32-15-30-21-12-17(6-9-22(21)32)5-8-18-13-19(7-4-16(18)2)24(33)31-23-14-20(10-11-29-23)25(26,27)28/h4,6-7,9-15H,3H2,1-2H3,(H,29,31,33). The zero-order chi connectivity index (χ0) is 23.6. The molecule has 4 rings (SSSR count). The van der Waals surface area contributed by atoms with Gasteiger partial charge in [-0.15, -0.1) is 0 Å². The number of carbonyl (C=O) groups is 1. The molecule has 0 spiro atoms. The third kappa shape index (κ3) is 4.88. The summed E-state index contributed by atoms with van der Waals surface area (Å²) in [6, 6.07) is 12.4. The lowest BCUT2D eigenvalue weighted by Gasteiger charge is -2.09. The zero-order valence-electron chi connectivity index (χ0n) is 17.9. The molecule has 5 nitrogen and oxygen atoms in total. The number of imidazole rings is 1. The molecule has 166 valence electrons. The van der Waals surface area contributed by atoms with Crippen LogP contribution in [0.25, 0.3) is 11.0 Å². The third-order valence-corrected chi connectivity index (χ3v) is 5.13. The van der Waals surface area contributed by atoms with E-state index in [0.29, 0.717) is 5.56 Å². The lowest BCUT2D eigenvalue weighted by molar-refractivity contribution is -0.137. The van der Waals surface area contributed by atoms with Crippen LogP contribution in [0.3, 0.4) is 0 Å². The van der Waals surface area contributed by atoms with Gasteiger partial charge in [-0.25, -0.2) is 9.97 Å². The molecule has 2 aromatic carbocycles. The number of fused-ring (bicyclic) bond motifs is 1. The predicted molar refractivity (Wildman–Crippen MR) is 120 cm³/mol. The molecule has 1 N–H and O–H groups in total. The van der Waals surface area contributed by atoms with Gasteiger partial charge >= 0.3 is 6.18 Å². The Balaban J connectivity index is 1.57. The van der Waals surface area contributed by atoms with E-state index in [9.17, 15) is 18.0 Å². The summed E-state index contributed by atoms with van der Waals surface area (Å²) in [5.74, 6) is 5.42. The van der Waals surface area contributed by atoms with Gasteiger partial charge in [0.25, 0.3) is 5.91 Å². The molecule has 2 aromatic heterocycles. The van der Waals surface area contributed by atoms with Gasteiger partial charge in [0.1, 0.15) is 5.82 Å². The number of amides is 1. The van der Waals surface area contributed by atoms with Crippen molar-refractivity contribution in [3.63, 3.8) is 0 Å². The van der Waals surface area contributed by atoms with Gasteiger partial charge in [-0.1, -0.05) is 17.9 Å². The summed E-state index contributed by atoms with van der Waals surface area (Å²) in [7, 11) is 0. The number of nitrogens with one attached hydrogen (secondary N) is 1. The Kier molecular flexibility index (Phi) is 5.88. The van der Waals surface area contributed by atoms with Crippen LogP contribution in [0.15, 0.2) is 61.1 Å². The number of nitrogens with zero attached hydrogens (tertiary/aromatic N) is 3. The maximum absolute atomic E-state index is 12.9. The van der Waals surface area contributed by atoms with E-state index in [1.165, 1.54) is 0 Å². The molecule has 2 heterocycles. The number of anilines is 1. The number of alkyl halides is 3. The van der Waals surface area contributed by atoms with Gasteiger partial charge < -0.3 is 9.88 Å². The van der Waals surface area contributed by atoms with Gasteiger partial charge in [0.05, 0.1) is 22.9 Å². The first kappa shape index (κ1) is 22.1. The molecule has 0 aliphatic rings. The number of aryl methyl sites for hydroxylation is 2. The third-order valence-electron chi connectivity index (χ3n) is 5.13. The van der Waals surface area contributed by atoms with Gasteiger partial charge in [0.15, 0.2) is 0 Å². The Bertz CT molecular complexity index is 1410. The fraction of sp³-hybridized carbons (Fsp3) is 0.160. The maximum Gasteiger partial charge on any atom is 0.416 e. The normalized spacial score (nSPS) is 11.2. The summed E-state index contributed by atoms with van der Waals surface area (Å²) < 4.78 is 40.7. The van der Waals surface area contributed by atoms with Crippen molar-refractivity contribution >= 4 is 22.8 Å². The van der Waals surface area contributed by atoms with E-state index in [0.717, 1.165) is 47.0 Å². The highest BCUT2D eigenvalue weighted by molar-refractivity contribution is 6.04. The van der Waals surface area contributed by atoms with Crippen molar-refractivity contribution in [2.75, 3.05) is 5.32 Å². The van der Waals surface area contributed by atoms with E-state index in [2.05, 4.69) is 27.1 Å². The lowest BCUT2D eigenvalue weighted by atomic mass is 10.0. The molecular weight excluding hydrogens is 429 g/mol. The van der Waals surface area contributed by atoms with Crippen LogP contribution in [0, 0.1) is 18.8 Å². The molecule has 8 heteroatoms. The average molecular weight is 448 g/mol. The molecule has 0 unspecified atom stereocenters. The lowest BCUT2D eigenvalue weighted by Crippen LogP contribution is -2.14. The summed E-state index contributed by atoms with van der Waals surface area (Å²) in [6.07, 6.45) is -1.73. The number of rotatable bonds is 3. The van der Waals surface area contributed by atoms with Crippen LogP contribution in [0.1, 0.15) is 39.5 Å². The van der Waals surface area contributed by atoms with E-state index in [1.807, 2.05) is 36.6 Å². The first-order valence-electron chi connectivity index (χ1n) is 10.2. The number of pyridine rings is 1. The summed E-state index contributed by atoms with van der Waals surface area (Å²) >= 11 is 0. The summed E-state index contributed by atoms with van der Waals surface area (Å²) in [5, 5.41) is 2.41. The highest BCUT2D eigenvalue weighted by atomic mass is 19.4. The van der Waals surface area contributed by atoms with Crippen molar-refractivity contribution in [1.82, 2.24) is 14.5 Å². The second kappa shape index (κ2) is 8.79. The minimum absolute atomic E-state index is 0.178. The fourth-order valence-electron chi connectivity index (χ4n) is 3.29. The molecule has 0 aliphatic heterocycles. The number of aromatic nitrogens is 3. The number of halogens is 3. The highest BCUT2D eigenvalue weighted by Gasteiger charge is 2.30. The zero-order valence-corrected chi connectivity index (χ0v) is 17.9. The molecule has 0 bridgehead atoms. The van der Waals surface area contributed by atoms with E-state index in [1.54, 1.807) is 24.5 Å². The number of benzene rings is 2. The van der Waals surface area contributed by atoms with E-state index in [4.69, 9.17) is 0 Å². The number of hydrogen-bond donors (Lipinski definition) is 1. The summed E-state index contributed by atoms with van der Waals surface area (Å²) in [4.78, 5) is 20.8. The maximum atomic E-state index is 12.9. The van der Waals surface area contributed by atoms with Crippen LogP contribution >= 0.6 is 0 Å². The molecule has 1 amide bonds. The Hall–Kier alpha value is -4.12. The van der Waals surface area contributed by atoms with Crippen LogP contribution in [-0.4, -0.2) is 20.4 Å². The second-order valence-corrected chi connectivity index (χ2v) is 7.40. The molecule has 0 saturated heterocycles. The SMILES string of the molecule is CCn1cnc2cc(C#Cc3cc(C(=O)Nc4cc(C(F)(F)F)ccn4)ccc3C)ccc21. The quantitative estimate of drug-likeness (QED) is 0.425. The van der Waals surface area contributed by atoms with E-state index >= 15 is 0 Å².